The molecule has 0 radical (unpaired) electrons. The summed E-state index contributed by atoms with van der Waals surface area (Å²) < 4.78 is 0. The van der Waals surface area contributed by atoms with E-state index in [1.54, 1.807) is 30.7 Å². The van der Waals surface area contributed by atoms with Gasteiger partial charge < -0.3 is 5.73 Å². The zero-order valence-electron chi connectivity index (χ0n) is 7.72. The first-order valence-corrected chi connectivity index (χ1v) is 5.44. The fourth-order valence-electron chi connectivity index (χ4n) is 1.04. The van der Waals surface area contributed by atoms with Crippen molar-refractivity contribution in [2.75, 3.05) is 5.73 Å². The molecular formula is C10H8ClN3S. The van der Waals surface area contributed by atoms with Crippen molar-refractivity contribution < 1.29 is 0 Å². The second-order valence-corrected chi connectivity index (χ2v) is 4.24. The SMILES string of the molecule is Nc1cnccc1Sc1ncccc1Cl. The Morgan fingerprint density at radius 2 is 2.13 bits per heavy atom. The smallest absolute Gasteiger partial charge is 0.119 e. The topological polar surface area (TPSA) is 51.8 Å². The summed E-state index contributed by atoms with van der Waals surface area (Å²) in [4.78, 5) is 8.99. The van der Waals surface area contributed by atoms with Crippen LogP contribution in [0.25, 0.3) is 0 Å². The van der Waals surface area contributed by atoms with Gasteiger partial charge in [0.25, 0.3) is 0 Å². The molecule has 0 aliphatic heterocycles. The molecule has 0 aromatic carbocycles. The van der Waals surface area contributed by atoms with E-state index in [0.717, 1.165) is 9.92 Å². The van der Waals surface area contributed by atoms with E-state index in [-0.39, 0.29) is 0 Å². The third kappa shape index (κ3) is 2.40. The molecule has 0 fully saturated rings. The molecule has 0 aliphatic rings. The van der Waals surface area contributed by atoms with Crippen LogP contribution in [0.3, 0.4) is 0 Å². The summed E-state index contributed by atoms with van der Waals surface area (Å²) in [6, 6.07) is 5.43. The molecule has 2 aromatic heterocycles. The van der Waals surface area contributed by atoms with Gasteiger partial charge in [-0.15, -0.1) is 0 Å². The van der Waals surface area contributed by atoms with E-state index < -0.39 is 0 Å². The van der Waals surface area contributed by atoms with E-state index in [4.69, 9.17) is 17.3 Å². The number of nitrogens with zero attached hydrogens (tertiary/aromatic N) is 2. The summed E-state index contributed by atoms with van der Waals surface area (Å²) in [6.07, 6.45) is 5.00. The van der Waals surface area contributed by atoms with Gasteiger partial charge in [-0.25, -0.2) is 4.98 Å². The van der Waals surface area contributed by atoms with Crippen LogP contribution in [-0.2, 0) is 0 Å². The molecule has 2 rings (SSSR count). The fraction of sp³-hybridized carbons (Fsp3) is 0. The number of halogens is 1. The third-order valence-electron chi connectivity index (χ3n) is 1.74. The second kappa shape index (κ2) is 4.51. The number of hydrogen-bond acceptors (Lipinski definition) is 4. The van der Waals surface area contributed by atoms with E-state index in [1.807, 2.05) is 6.07 Å². The molecule has 0 saturated heterocycles. The molecule has 0 amide bonds. The predicted octanol–water partition coefficient (Wildman–Crippen LogP) is 2.86. The van der Waals surface area contributed by atoms with Gasteiger partial charge in [0.2, 0.25) is 0 Å². The Bertz CT molecular complexity index is 432. The predicted molar refractivity (Wildman–Crippen MR) is 62.0 cm³/mol. The van der Waals surface area contributed by atoms with E-state index in [2.05, 4.69) is 9.97 Å². The minimum Gasteiger partial charge on any atom is -0.397 e. The maximum absolute atomic E-state index is 5.99. The standard InChI is InChI=1S/C10H8ClN3S/c11-7-2-1-4-14-10(7)15-9-3-5-13-6-8(9)12/h1-6H,12H2. The number of nitrogens with two attached hydrogens (primary N) is 1. The molecule has 2 N–H and O–H groups in total. The average Bonchev–Trinajstić information content (AvgIpc) is 2.24. The highest BCUT2D eigenvalue weighted by Gasteiger charge is 2.05. The molecule has 0 bridgehead atoms. The zero-order chi connectivity index (χ0) is 10.7. The summed E-state index contributed by atoms with van der Waals surface area (Å²) in [7, 11) is 0. The summed E-state index contributed by atoms with van der Waals surface area (Å²) in [5.74, 6) is 0. The molecule has 3 nitrogen and oxygen atoms in total. The van der Waals surface area contributed by atoms with Crippen LogP contribution in [0.4, 0.5) is 5.69 Å². The highest BCUT2D eigenvalue weighted by atomic mass is 35.5. The molecule has 76 valence electrons. The highest BCUT2D eigenvalue weighted by Crippen LogP contribution is 2.33. The second-order valence-electron chi connectivity index (χ2n) is 2.81. The summed E-state index contributed by atoms with van der Waals surface area (Å²) in [6.45, 7) is 0. The Kier molecular flexibility index (Phi) is 3.08. The lowest BCUT2D eigenvalue weighted by Gasteiger charge is -2.04. The Balaban J connectivity index is 2.30. The van der Waals surface area contributed by atoms with Crippen LogP contribution < -0.4 is 5.73 Å². The largest absolute Gasteiger partial charge is 0.397 e. The van der Waals surface area contributed by atoms with Crippen LogP contribution in [0.15, 0.2) is 46.7 Å². The molecule has 0 spiro atoms. The normalized spacial score (nSPS) is 10.2. The van der Waals surface area contributed by atoms with E-state index in [9.17, 15) is 0 Å². The molecular weight excluding hydrogens is 230 g/mol. The molecule has 2 aromatic rings. The summed E-state index contributed by atoms with van der Waals surface area (Å²) in [5.41, 5.74) is 6.39. The van der Waals surface area contributed by atoms with Gasteiger partial charge >= 0.3 is 0 Å². The average molecular weight is 238 g/mol. The van der Waals surface area contributed by atoms with Gasteiger partial charge in [-0.3, -0.25) is 4.98 Å². The van der Waals surface area contributed by atoms with Crippen LogP contribution in [0.1, 0.15) is 0 Å². The first kappa shape index (κ1) is 10.3. The summed E-state index contributed by atoms with van der Waals surface area (Å²) in [5, 5.41) is 1.37. The summed E-state index contributed by atoms with van der Waals surface area (Å²) >= 11 is 7.42. The van der Waals surface area contributed by atoms with Crippen molar-refractivity contribution in [1.29, 1.82) is 0 Å². The van der Waals surface area contributed by atoms with E-state index >= 15 is 0 Å². The molecule has 0 saturated carbocycles. The number of pyridine rings is 2. The van der Waals surface area contributed by atoms with Gasteiger partial charge in [-0.1, -0.05) is 23.4 Å². The van der Waals surface area contributed by atoms with Gasteiger partial charge in [-0.05, 0) is 18.2 Å². The Hall–Kier alpha value is -1.26. The highest BCUT2D eigenvalue weighted by molar-refractivity contribution is 7.99. The van der Waals surface area contributed by atoms with Crippen molar-refractivity contribution in [3.63, 3.8) is 0 Å². The number of anilines is 1. The maximum Gasteiger partial charge on any atom is 0.119 e. The first-order chi connectivity index (χ1) is 7.27. The lowest BCUT2D eigenvalue weighted by atomic mass is 10.4. The Morgan fingerprint density at radius 1 is 1.27 bits per heavy atom. The Morgan fingerprint density at radius 3 is 2.87 bits per heavy atom. The Labute approximate surface area is 96.7 Å². The van der Waals surface area contributed by atoms with Crippen molar-refractivity contribution in [2.24, 2.45) is 0 Å². The lowest BCUT2D eigenvalue weighted by molar-refractivity contribution is 1.13. The molecule has 2 heterocycles. The van der Waals surface area contributed by atoms with Gasteiger partial charge in [0.15, 0.2) is 0 Å². The van der Waals surface area contributed by atoms with Gasteiger partial charge in [0.05, 0.1) is 16.9 Å². The number of nitrogen functional groups attached to an aromatic ring is 1. The minimum atomic E-state index is 0.624. The van der Waals surface area contributed by atoms with Crippen molar-refractivity contribution >= 4 is 29.1 Å². The molecule has 0 aliphatic carbocycles. The molecule has 15 heavy (non-hydrogen) atoms. The van der Waals surface area contributed by atoms with Crippen LogP contribution in [0.2, 0.25) is 5.02 Å². The quantitative estimate of drug-likeness (QED) is 0.873. The van der Waals surface area contributed by atoms with E-state index in [1.165, 1.54) is 11.8 Å². The zero-order valence-corrected chi connectivity index (χ0v) is 9.29. The van der Waals surface area contributed by atoms with E-state index in [0.29, 0.717) is 10.7 Å². The maximum atomic E-state index is 5.99. The van der Waals surface area contributed by atoms with Crippen molar-refractivity contribution in [3.8, 4) is 0 Å². The fourth-order valence-corrected chi connectivity index (χ4v) is 2.06. The van der Waals surface area contributed by atoms with Gasteiger partial charge in [0.1, 0.15) is 5.03 Å². The third-order valence-corrected chi connectivity index (χ3v) is 3.27. The molecule has 5 heteroatoms. The van der Waals surface area contributed by atoms with Crippen LogP contribution in [-0.4, -0.2) is 9.97 Å². The van der Waals surface area contributed by atoms with Crippen molar-refractivity contribution in [2.45, 2.75) is 9.92 Å². The monoisotopic (exact) mass is 237 g/mol. The molecule has 0 unspecified atom stereocenters. The van der Waals surface area contributed by atoms with Crippen LogP contribution in [0, 0.1) is 0 Å². The lowest BCUT2D eigenvalue weighted by Crippen LogP contribution is -1.89. The minimum absolute atomic E-state index is 0.624. The van der Waals surface area contributed by atoms with Gasteiger partial charge in [0, 0.05) is 17.3 Å². The van der Waals surface area contributed by atoms with Gasteiger partial charge in [-0.2, -0.15) is 0 Å². The van der Waals surface area contributed by atoms with Crippen LogP contribution in [0.5, 0.6) is 0 Å². The first-order valence-electron chi connectivity index (χ1n) is 4.25. The number of aromatic nitrogens is 2. The number of rotatable bonds is 2. The van der Waals surface area contributed by atoms with Crippen LogP contribution >= 0.6 is 23.4 Å². The van der Waals surface area contributed by atoms with Crippen molar-refractivity contribution in [3.05, 3.63) is 41.8 Å². The molecule has 0 atom stereocenters. The van der Waals surface area contributed by atoms with Crippen molar-refractivity contribution in [1.82, 2.24) is 9.97 Å². The number of hydrogen-bond donors (Lipinski definition) is 1.